The highest BCUT2D eigenvalue weighted by Crippen LogP contribution is 2.31. The first-order valence-electron chi connectivity index (χ1n) is 12.2. The van der Waals surface area contributed by atoms with Crippen LogP contribution in [0.25, 0.3) is 10.9 Å². The first kappa shape index (κ1) is 23.2. The molecule has 0 saturated carbocycles. The lowest BCUT2D eigenvalue weighted by atomic mass is 9.95. The van der Waals surface area contributed by atoms with E-state index in [0.717, 1.165) is 47.3 Å². The molecule has 1 N–H and O–H groups in total. The minimum Gasteiger partial charge on any atom is -0.497 e. The van der Waals surface area contributed by atoms with Gasteiger partial charge in [-0.3, -0.25) is 9.69 Å². The van der Waals surface area contributed by atoms with Gasteiger partial charge < -0.3 is 9.72 Å². The highest BCUT2D eigenvalue weighted by Gasteiger charge is 2.33. The van der Waals surface area contributed by atoms with Crippen LogP contribution in [-0.2, 0) is 6.54 Å². The number of nitrogens with zero attached hydrogens (tertiary/aromatic N) is 5. The van der Waals surface area contributed by atoms with Gasteiger partial charge in [0, 0.05) is 12.1 Å². The highest BCUT2D eigenvalue weighted by molar-refractivity contribution is 5.83. The summed E-state index contributed by atoms with van der Waals surface area (Å²) >= 11 is 0. The molecule has 1 aliphatic heterocycles. The number of methoxy groups -OCH3 is 1. The van der Waals surface area contributed by atoms with Crippen molar-refractivity contribution in [2.45, 2.75) is 46.2 Å². The molecule has 2 atom stereocenters. The molecule has 0 unspecified atom stereocenters. The van der Waals surface area contributed by atoms with Crippen molar-refractivity contribution in [3.05, 3.63) is 80.9 Å². The SMILES string of the molecule is COc1ccc(Cn2nnnc2[C@H](c2cc3cc(C)cc(C)c3[nH]c2=O)N2CCC[C@H](C)C2)cc1. The Balaban J connectivity index is 1.61. The Morgan fingerprint density at radius 2 is 1.97 bits per heavy atom. The van der Waals surface area contributed by atoms with Crippen molar-refractivity contribution in [2.75, 3.05) is 20.2 Å². The number of nitrogens with one attached hydrogen (secondary N) is 1. The van der Waals surface area contributed by atoms with Gasteiger partial charge in [0.1, 0.15) is 11.8 Å². The zero-order valence-corrected chi connectivity index (χ0v) is 20.8. The van der Waals surface area contributed by atoms with Gasteiger partial charge in [0.25, 0.3) is 5.56 Å². The quantitative estimate of drug-likeness (QED) is 0.456. The molecule has 8 nitrogen and oxygen atoms in total. The van der Waals surface area contributed by atoms with Crippen molar-refractivity contribution in [3.63, 3.8) is 0 Å². The van der Waals surface area contributed by atoms with E-state index in [4.69, 9.17) is 4.74 Å². The molecule has 1 saturated heterocycles. The lowest BCUT2D eigenvalue weighted by Gasteiger charge is -2.36. The summed E-state index contributed by atoms with van der Waals surface area (Å²) < 4.78 is 7.10. The minimum absolute atomic E-state index is 0.0910. The van der Waals surface area contributed by atoms with Crippen molar-refractivity contribution < 1.29 is 4.74 Å². The molecule has 2 aromatic heterocycles. The summed E-state index contributed by atoms with van der Waals surface area (Å²) in [6.45, 7) is 8.68. The Bertz CT molecular complexity index is 1390. The van der Waals surface area contributed by atoms with Crippen LogP contribution in [0.15, 0.2) is 47.3 Å². The second-order valence-electron chi connectivity index (χ2n) is 9.79. The molecule has 3 heterocycles. The number of benzene rings is 2. The van der Waals surface area contributed by atoms with E-state index >= 15 is 0 Å². The van der Waals surface area contributed by atoms with Gasteiger partial charge in [0.2, 0.25) is 0 Å². The average molecular weight is 473 g/mol. The van der Waals surface area contributed by atoms with Gasteiger partial charge in [-0.25, -0.2) is 4.68 Å². The molecule has 4 aromatic rings. The number of piperidine rings is 1. The minimum atomic E-state index is -0.333. The topological polar surface area (TPSA) is 88.9 Å². The predicted molar refractivity (Wildman–Crippen MR) is 136 cm³/mol. The second-order valence-corrected chi connectivity index (χ2v) is 9.79. The fourth-order valence-corrected chi connectivity index (χ4v) is 5.29. The summed E-state index contributed by atoms with van der Waals surface area (Å²) in [6.07, 6.45) is 2.27. The fraction of sp³-hybridized carbons (Fsp3) is 0.407. The van der Waals surface area contributed by atoms with Gasteiger partial charge in [0.15, 0.2) is 5.82 Å². The van der Waals surface area contributed by atoms with Crippen molar-refractivity contribution in [3.8, 4) is 5.75 Å². The number of likely N-dealkylation sites (tertiary alicyclic amines) is 1. The molecule has 35 heavy (non-hydrogen) atoms. The molecule has 182 valence electrons. The Morgan fingerprint density at radius 1 is 1.17 bits per heavy atom. The number of H-pyrrole nitrogens is 1. The van der Waals surface area contributed by atoms with E-state index < -0.39 is 0 Å². The van der Waals surface area contributed by atoms with Crippen LogP contribution in [0.2, 0.25) is 0 Å². The third kappa shape index (κ3) is 4.71. The Hall–Kier alpha value is -3.52. The van der Waals surface area contributed by atoms with Gasteiger partial charge in [-0.2, -0.15) is 0 Å². The number of rotatable bonds is 6. The standard InChI is InChI=1S/C27H32N6O2/c1-17-6-5-11-32(15-17)25(23-14-21-13-18(2)12-19(3)24(21)28-27(23)34)26-29-30-31-33(26)16-20-7-9-22(35-4)10-8-20/h7-10,12-14,17,25H,5-6,11,15-16H2,1-4H3,(H,28,34)/t17-,25-/m0/s1. The normalized spacial score (nSPS) is 17.5. The number of aryl methyl sites for hydroxylation is 2. The number of ether oxygens (including phenoxy) is 1. The lowest BCUT2D eigenvalue weighted by molar-refractivity contribution is 0.141. The van der Waals surface area contributed by atoms with Gasteiger partial charge in [-0.05, 0) is 90.4 Å². The summed E-state index contributed by atoms with van der Waals surface area (Å²) in [5.41, 5.74) is 4.77. The first-order chi connectivity index (χ1) is 16.9. The van der Waals surface area contributed by atoms with Crippen LogP contribution in [0.5, 0.6) is 5.75 Å². The fourth-order valence-electron chi connectivity index (χ4n) is 5.29. The molecule has 5 rings (SSSR count). The van der Waals surface area contributed by atoms with Crippen molar-refractivity contribution >= 4 is 10.9 Å². The zero-order chi connectivity index (χ0) is 24.5. The lowest BCUT2D eigenvalue weighted by Crippen LogP contribution is -2.41. The molecule has 8 heteroatoms. The number of pyridine rings is 1. The maximum atomic E-state index is 13.5. The molecular formula is C27H32N6O2. The van der Waals surface area contributed by atoms with E-state index in [-0.39, 0.29) is 11.6 Å². The molecule has 0 amide bonds. The predicted octanol–water partition coefficient (Wildman–Crippen LogP) is 4.01. The van der Waals surface area contributed by atoms with E-state index in [9.17, 15) is 4.79 Å². The van der Waals surface area contributed by atoms with Crippen LogP contribution >= 0.6 is 0 Å². The Morgan fingerprint density at radius 3 is 2.71 bits per heavy atom. The van der Waals surface area contributed by atoms with E-state index in [2.05, 4.69) is 51.4 Å². The van der Waals surface area contributed by atoms with Gasteiger partial charge in [-0.1, -0.05) is 30.7 Å². The summed E-state index contributed by atoms with van der Waals surface area (Å²) in [5.74, 6) is 2.03. The molecule has 1 fully saturated rings. The van der Waals surface area contributed by atoms with Crippen LogP contribution in [0.4, 0.5) is 0 Å². The largest absolute Gasteiger partial charge is 0.497 e. The maximum Gasteiger partial charge on any atom is 0.253 e. The molecule has 0 aliphatic carbocycles. The zero-order valence-electron chi connectivity index (χ0n) is 20.8. The van der Waals surface area contributed by atoms with Gasteiger partial charge in [-0.15, -0.1) is 5.10 Å². The molecule has 0 spiro atoms. The Kier molecular flexibility index (Phi) is 6.38. The number of aromatic amines is 1. The van der Waals surface area contributed by atoms with Crippen molar-refractivity contribution in [1.82, 2.24) is 30.1 Å². The van der Waals surface area contributed by atoms with Crippen LogP contribution in [-0.4, -0.2) is 50.3 Å². The smallest absolute Gasteiger partial charge is 0.253 e. The van der Waals surface area contributed by atoms with Crippen LogP contribution in [0.1, 0.15) is 53.9 Å². The molecular weight excluding hydrogens is 440 g/mol. The molecule has 0 bridgehead atoms. The Labute approximate surface area is 204 Å². The number of fused-ring (bicyclic) bond motifs is 1. The summed E-state index contributed by atoms with van der Waals surface area (Å²) in [5, 5.41) is 13.8. The van der Waals surface area contributed by atoms with E-state index in [1.165, 1.54) is 12.0 Å². The molecule has 0 radical (unpaired) electrons. The summed E-state index contributed by atoms with van der Waals surface area (Å²) in [7, 11) is 1.66. The highest BCUT2D eigenvalue weighted by atomic mass is 16.5. The van der Waals surface area contributed by atoms with Gasteiger partial charge in [0.05, 0.1) is 19.2 Å². The van der Waals surface area contributed by atoms with Crippen LogP contribution in [0, 0.1) is 19.8 Å². The molecule has 1 aliphatic rings. The van der Waals surface area contributed by atoms with Crippen molar-refractivity contribution in [1.29, 1.82) is 0 Å². The van der Waals surface area contributed by atoms with Crippen LogP contribution < -0.4 is 10.3 Å². The first-order valence-corrected chi connectivity index (χ1v) is 12.2. The second kappa shape index (κ2) is 9.62. The molecule has 2 aromatic carbocycles. The number of tetrazole rings is 1. The van der Waals surface area contributed by atoms with Gasteiger partial charge >= 0.3 is 0 Å². The number of hydrogen-bond acceptors (Lipinski definition) is 6. The van der Waals surface area contributed by atoms with Crippen LogP contribution in [0.3, 0.4) is 0 Å². The van der Waals surface area contributed by atoms with E-state index in [1.54, 1.807) is 7.11 Å². The average Bonchev–Trinajstić information content (AvgIpc) is 3.28. The number of aromatic nitrogens is 5. The monoisotopic (exact) mass is 472 g/mol. The van der Waals surface area contributed by atoms with Crippen molar-refractivity contribution in [2.24, 2.45) is 5.92 Å². The summed E-state index contributed by atoms with van der Waals surface area (Å²) in [4.78, 5) is 19.0. The maximum absolute atomic E-state index is 13.5. The van der Waals surface area contributed by atoms with E-state index in [0.29, 0.717) is 23.9 Å². The summed E-state index contributed by atoms with van der Waals surface area (Å²) in [6, 6.07) is 13.8. The van der Waals surface area contributed by atoms with E-state index in [1.807, 2.05) is 41.9 Å². The number of hydrogen-bond donors (Lipinski definition) is 1. The third-order valence-electron chi connectivity index (χ3n) is 6.97. The third-order valence-corrected chi connectivity index (χ3v) is 6.97.